The Morgan fingerprint density at radius 2 is 1.00 bits per heavy atom. The van der Waals surface area contributed by atoms with E-state index in [1.165, 1.54) is 54.9 Å². The smallest absolute Gasteiger partial charge is 0.165 e. The maximum absolute atomic E-state index is 3.46. The Labute approximate surface area is 269 Å². The molecule has 0 saturated carbocycles. The second-order valence-corrected chi connectivity index (χ2v) is 10.7. The Hall–Kier alpha value is -3.32. The molecule has 0 N–H and O–H groups in total. The largest absolute Gasteiger partial charge is 2.00 e. The minimum Gasteiger partial charge on any atom is -0.165 e. The van der Waals surface area contributed by atoms with Gasteiger partial charge in [-0.05, 0) is 18.1 Å². The van der Waals surface area contributed by atoms with Gasteiger partial charge in [-0.2, -0.15) is 12.1 Å². The molecule has 0 aliphatic heterocycles. The Morgan fingerprint density at radius 3 is 1.32 bits per heavy atom. The van der Waals surface area contributed by atoms with E-state index in [0.717, 1.165) is 9.52 Å². The Morgan fingerprint density at radius 1 is 0.610 bits per heavy atom. The first kappa shape index (κ1) is 33.9. The van der Waals surface area contributed by atoms with Crippen LogP contribution < -0.4 is 0 Å². The molecule has 0 aliphatic rings. The van der Waals surface area contributed by atoms with E-state index in [2.05, 4.69) is 155 Å². The molecule has 0 atom stereocenters. The Bertz CT molecular complexity index is 1500. The minimum atomic E-state index is 0. The number of hydrogen-bond donors (Lipinski definition) is 0. The molecule has 0 bridgehead atoms. The van der Waals surface area contributed by atoms with Crippen LogP contribution in [0, 0.1) is 13.8 Å². The first-order valence-corrected chi connectivity index (χ1v) is 15.8. The van der Waals surface area contributed by atoms with Crippen LogP contribution in [0.1, 0.15) is 18.1 Å². The number of hydrogen-bond acceptors (Lipinski definition) is 0. The standard InChI is InChI=1S/2C16H13.C5H8.C2H6Si.Zr/c2*1-12-10-14-8-5-9-15(16(14)11-12)13-6-3-2-4-7-13;1-3-5-4-2;1-3-2;/h2*2-11H,1H3;3-5H,1H2,2H3;1-2H3;/q2*-1;;;+2. The zero-order chi connectivity index (χ0) is 28.7. The molecule has 6 aromatic rings. The van der Waals surface area contributed by atoms with Gasteiger partial charge in [-0.3, -0.25) is 0 Å². The van der Waals surface area contributed by atoms with Crippen molar-refractivity contribution in [3.63, 3.8) is 0 Å². The van der Waals surface area contributed by atoms with Crippen LogP contribution in [0.4, 0.5) is 0 Å². The SMILES string of the molecule is C=CC=CC.C[Si]C.Cc1cc2c(-c3ccccc3)cccc2[cH-]1.Cc1cc2c(-c3ccccc3)cccc2[cH-]1.[Zr+2]. The van der Waals surface area contributed by atoms with Gasteiger partial charge in [0.1, 0.15) is 0 Å². The maximum Gasteiger partial charge on any atom is 2.00 e. The van der Waals surface area contributed by atoms with Crippen LogP contribution in [0.5, 0.6) is 0 Å². The van der Waals surface area contributed by atoms with Crippen LogP contribution in [0.25, 0.3) is 43.8 Å². The van der Waals surface area contributed by atoms with Crippen LogP contribution in [0.2, 0.25) is 13.1 Å². The maximum atomic E-state index is 3.46. The van der Waals surface area contributed by atoms with Crippen LogP contribution >= 0.6 is 0 Å². The van der Waals surface area contributed by atoms with E-state index in [1.54, 1.807) is 6.08 Å². The monoisotopic (exact) mass is 626 g/mol. The summed E-state index contributed by atoms with van der Waals surface area (Å²) < 4.78 is 0. The molecule has 204 valence electrons. The van der Waals surface area contributed by atoms with E-state index < -0.39 is 0 Å². The fourth-order valence-electron chi connectivity index (χ4n) is 4.64. The molecule has 0 nitrogen and oxygen atoms in total. The third kappa shape index (κ3) is 9.92. The van der Waals surface area contributed by atoms with E-state index in [4.69, 9.17) is 0 Å². The summed E-state index contributed by atoms with van der Waals surface area (Å²) in [4.78, 5) is 0. The van der Waals surface area contributed by atoms with Crippen LogP contribution in [-0.2, 0) is 26.2 Å². The zero-order valence-corrected chi connectivity index (χ0v) is 28.4. The van der Waals surface area contributed by atoms with Gasteiger partial charge in [-0.1, -0.05) is 136 Å². The Kier molecular flexibility index (Phi) is 15.0. The quantitative estimate of drug-likeness (QED) is 0.104. The van der Waals surface area contributed by atoms with Crippen molar-refractivity contribution in [1.29, 1.82) is 0 Å². The van der Waals surface area contributed by atoms with Crippen molar-refractivity contribution >= 4 is 31.1 Å². The summed E-state index contributed by atoms with van der Waals surface area (Å²) in [5.74, 6) is 0. The fraction of sp³-hybridized carbons (Fsp3) is 0.128. The molecule has 0 amide bonds. The topological polar surface area (TPSA) is 0 Å². The zero-order valence-electron chi connectivity index (χ0n) is 25.0. The molecule has 0 fully saturated rings. The molecule has 2 radical (unpaired) electrons. The van der Waals surface area contributed by atoms with Crippen LogP contribution in [-0.4, -0.2) is 9.52 Å². The number of benzene rings is 4. The van der Waals surface area contributed by atoms with E-state index in [1.807, 2.05) is 19.1 Å². The Balaban J connectivity index is 0.000000225. The van der Waals surface area contributed by atoms with E-state index in [9.17, 15) is 0 Å². The van der Waals surface area contributed by atoms with Crippen LogP contribution in [0.15, 0.2) is 146 Å². The van der Waals surface area contributed by atoms with Crippen molar-refractivity contribution in [2.24, 2.45) is 0 Å². The molecule has 6 rings (SSSR count). The molecule has 0 aromatic heterocycles. The molecular weight excluding hydrogens is 588 g/mol. The molecule has 2 heteroatoms. The molecule has 0 saturated heterocycles. The van der Waals surface area contributed by atoms with Crippen LogP contribution in [0.3, 0.4) is 0 Å². The summed E-state index contributed by atoms with van der Waals surface area (Å²) >= 11 is 0. The molecule has 41 heavy (non-hydrogen) atoms. The number of rotatable bonds is 3. The van der Waals surface area contributed by atoms with Gasteiger partial charge in [0.05, 0.1) is 0 Å². The molecule has 0 heterocycles. The number of allylic oxidation sites excluding steroid dienone is 3. The van der Waals surface area contributed by atoms with Crippen molar-refractivity contribution in [3.05, 3.63) is 157 Å². The fourth-order valence-corrected chi connectivity index (χ4v) is 4.64. The van der Waals surface area contributed by atoms with E-state index in [-0.39, 0.29) is 26.2 Å². The van der Waals surface area contributed by atoms with Crippen molar-refractivity contribution in [1.82, 2.24) is 0 Å². The number of aryl methyl sites for hydroxylation is 2. The predicted molar refractivity (Wildman–Crippen MR) is 182 cm³/mol. The van der Waals surface area contributed by atoms with Crippen molar-refractivity contribution in [2.45, 2.75) is 33.9 Å². The normalized spacial score (nSPS) is 9.98. The molecule has 0 spiro atoms. The summed E-state index contributed by atoms with van der Waals surface area (Å²) in [7, 11) is 1.08. The summed E-state index contributed by atoms with van der Waals surface area (Å²) in [6.07, 6.45) is 5.58. The van der Waals surface area contributed by atoms with Crippen molar-refractivity contribution < 1.29 is 26.2 Å². The minimum absolute atomic E-state index is 0. The van der Waals surface area contributed by atoms with Crippen molar-refractivity contribution in [3.8, 4) is 22.3 Å². The molecule has 6 aromatic carbocycles. The molecule has 0 aliphatic carbocycles. The van der Waals surface area contributed by atoms with Gasteiger partial charge in [0.15, 0.2) is 0 Å². The van der Waals surface area contributed by atoms with Gasteiger partial charge in [0.25, 0.3) is 0 Å². The molecule has 0 unspecified atom stereocenters. The summed E-state index contributed by atoms with van der Waals surface area (Å²) in [5, 5.41) is 5.37. The van der Waals surface area contributed by atoms with Crippen molar-refractivity contribution in [2.75, 3.05) is 0 Å². The average molecular weight is 628 g/mol. The van der Waals surface area contributed by atoms with Gasteiger partial charge >= 0.3 is 26.2 Å². The van der Waals surface area contributed by atoms with Gasteiger partial charge in [0.2, 0.25) is 0 Å². The van der Waals surface area contributed by atoms with Gasteiger partial charge in [-0.25, -0.2) is 0 Å². The third-order valence-corrected chi connectivity index (χ3v) is 6.29. The van der Waals surface area contributed by atoms with Gasteiger partial charge < -0.3 is 0 Å². The summed E-state index contributed by atoms with van der Waals surface area (Å²) in [6.45, 7) is 14.0. The second-order valence-electron chi connectivity index (χ2n) is 9.68. The summed E-state index contributed by atoms with van der Waals surface area (Å²) in [6, 6.07) is 43.1. The van der Waals surface area contributed by atoms with Gasteiger partial charge in [0, 0.05) is 9.52 Å². The van der Waals surface area contributed by atoms with Gasteiger partial charge in [-0.15, -0.1) is 69.1 Å². The number of fused-ring (bicyclic) bond motifs is 2. The van der Waals surface area contributed by atoms with E-state index in [0.29, 0.717) is 0 Å². The first-order chi connectivity index (χ1) is 19.5. The first-order valence-electron chi connectivity index (χ1n) is 13.8. The third-order valence-electron chi connectivity index (χ3n) is 6.29. The summed E-state index contributed by atoms with van der Waals surface area (Å²) in [5.41, 5.74) is 7.89. The predicted octanol–water partition coefficient (Wildman–Crippen LogP) is 11.6. The average Bonchev–Trinajstić information content (AvgIpc) is 3.56. The second kappa shape index (κ2) is 18.2. The van der Waals surface area contributed by atoms with E-state index >= 15 is 0 Å². The molecular formula is C39H40SiZr.